The first kappa shape index (κ1) is 21.4. The maximum absolute atomic E-state index is 14.9. The largest absolute Gasteiger partial charge is 0.424 e. The van der Waals surface area contributed by atoms with Gasteiger partial charge in [-0.25, -0.2) is 32.6 Å². The van der Waals surface area contributed by atoms with Crippen LogP contribution in [0.1, 0.15) is 16.7 Å². The van der Waals surface area contributed by atoms with Gasteiger partial charge in [0.05, 0.1) is 0 Å². The van der Waals surface area contributed by atoms with E-state index in [1.54, 1.807) is 31.2 Å². The Balaban J connectivity index is 1.71. The van der Waals surface area contributed by atoms with E-state index in [0.717, 1.165) is 0 Å². The molecule has 0 radical (unpaired) electrons. The summed E-state index contributed by atoms with van der Waals surface area (Å²) in [5.41, 5.74) is 0.643. The van der Waals surface area contributed by atoms with Crippen molar-refractivity contribution in [2.45, 2.75) is 13.3 Å². The molecule has 0 saturated carbocycles. The number of hydrogen-bond donors (Lipinski definition) is 1. The lowest BCUT2D eigenvalue weighted by atomic mass is 10.00. The zero-order valence-electron chi connectivity index (χ0n) is 17.0. The van der Waals surface area contributed by atoms with Crippen molar-refractivity contribution in [1.82, 2.24) is 15.0 Å². The zero-order valence-corrected chi connectivity index (χ0v) is 17.9. The highest BCUT2D eigenvalue weighted by atomic mass is 32.2. The molecule has 0 spiro atoms. The van der Waals surface area contributed by atoms with Crippen LogP contribution < -0.4 is 14.7 Å². The molecule has 3 aromatic heterocycles. The lowest BCUT2D eigenvalue weighted by Crippen LogP contribution is -2.18. The summed E-state index contributed by atoms with van der Waals surface area (Å²) in [4.78, 5) is 24.4. The molecular weight excluding hydrogens is 439 g/mol. The van der Waals surface area contributed by atoms with Gasteiger partial charge in [-0.05, 0) is 42.3 Å². The maximum Gasteiger partial charge on any atom is 0.340 e. The number of fused-ring (bicyclic) bond motifs is 1. The third kappa shape index (κ3) is 4.14. The van der Waals surface area contributed by atoms with Gasteiger partial charge in [0.15, 0.2) is 11.6 Å². The van der Waals surface area contributed by atoms with E-state index >= 15 is 0 Å². The molecule has 164 valence electrons. The molecule has 0 aliphatic carbocycles. The second-order valence-electron chi connectivity index (χ2n) is 6.83. The van der Waals surface area contributed by atoms with Crippen LogP contribution in [0.2, 0.25) is 0 Å². The van der Waals surface area contributed by atoms with Crippen LogP contribution >= 0.6 is 0 Å². The molecule has 1 aromatic carbocycles. The molecule has 4 aromatic rings. The Morgan fingerprint density at radius 1 is 1.12 bits per heavy atom. The van der Waals surface area contributed by atoms with Gasteiger partial charge < -0.3 is 9.15 Å². The van der Waals surface area contributed by atoms with Gasteiger partial charge >= 0.3 is 11.6 Å². The molecule has 4 rings (SSSR count). The summed E-state index contributed by atoms with van der Waals surface area (Å²) < 4.78 is 49.0. The lowest BCUT2D eigenvalue weighted by Gasteiger charge is -2.14. The average molecular weight is 456 g/mol. The van der Waals surface area contributed by atoms with E-state index in [-0.39, 0.29) is 29.4 Å². The molecule has 3 heterocycles. The van der Waals surface area contributed by atoms with Crippen molar-refractivity contribution in [2.75, 3.05) is 11.4 Å². The zero-order chi connectivity index (χ0) is 22.8. The molecule has 11 heteroatoms. The van der Waals surface area contributed by atoms with E-state index in [2.05, 4.69) is 15.0 Å². The van der Waals surface area contributed by atoms with Crippen molar-refractivity contribution in [2.24, 2.45) is 0 Å². The maximum atomic E-state index is 14.9. The van der Waals surface area contributed by atoms with Crippen LogP contribution in [-0.2, 0) is 17.3 Å². The number of thiol groups is 1. The topological polar surface area (TPSA) is 115 Å². The van der Waals surface area contributed by atoms with E-state index in [0.29, 0.717) is 26.6 Å². The van der Waals surface area contributed by atoms with Crippen molar-refractivity contribution >= 4 is 27.7 Å². The van der Waals surface area contributed by atoms with Crippen LogP contribution in [0.3, 0.4) is 0 Å². The van der Waals surface area contributed by atoms with Crippen LogP contribution in [0.5, 0.6) is 11.8 Å². The number of ether oxygens (including phenoxy) is 1. The van der Waals surface area contributed by atoms with Gasteiger partial charge in [-0.15, -0.1) is 0 Å². The van der Waals surface area contributed by atoms with Crippen molar-refractivity contribution < 1.29 is 22.0 Å². The van der Waals surface area contributed by atoms with E-state index in [1.807, 2.05) is 0 Å². The molecular formula is C21H17FN4O5S. The van der Waals surface area contributed by atoms with Crippen molar-refractivity contribution in [1.29, 1.82) is 0 Å². The smallest absolute Gasteiger partial charge is 0.340 e. The number of benzene rings is 1. The van der Waals surface area contributed by atoms with Gasteiger partial charge in [-0.3, -0.25) is 4.31 Å². The third-order valence-corrected chi connectivity index (χ3v) is 5.56. The number of aryl methyl sites for hydroxylation is 1. The quantitative estimate of drug-likeness (QED) is 0.348. The Bertz CT molecular complexity index is 1430. The van der Waals surface area contributed by atoms with Crippen molar-refractivity contribution in [3.8, 4) is 11.8 Å². The Hall–Kier alpha value is -3.86. The predicted molar refractivity (Wildman–Crippen MR) is 115 cm³/mol. The van der Waals surface area contributed by atoms with Gasteiger partial charge in [-0.1, -0.05) is 0 Å². The second kappa shape index (κ2) is 8.71. The second-order valence-corrected chi connectivity index (χ2v) is 7.91. The molecule has 0 unspecified atom stereocenters. The highest BCUT2D eigenvalue weighted by Gasteiger charge is 2.19. The molecule has 32 heavy (non-hydrogen) atoms. The van der Waals surface area contributed by atoms with E-state index in [9.17, 15) is 17.6 Å². The van der Waals surface area contributed by atoms with E-state index < -0.39 is 22.3 Å². The van der Waals surface area contributed by atoms with Gasteiger partial charge in [0.25, 0.3) is 0 Å². The molecule has 0 N–H and O–H groups in total. The molecule has 0 saturated heterocycles. The SMILES string of the molecule is Cc1c(Cc2ccnc(N(C)[SH](=O)=O)c2F)c(=O)oc2cc(Oc3ncccn3)ccc12. The van der Waals surface area contributed by atoms with Crippen LogP contribution in [0.25, 0.3) is 11.0 Å². The predicted octanol–water partition coefficient (Wildman–Crippen LogP) is 2.77. The minimum atomic E-state index is -3.05. The van der Waals surface area contributed by atoms with Crippen molar-refractivity contribution in [3.63, 3.8) is 0 Å². The summed E-state index contributed by atoms with van der Waals surface area (Å²) in [5, 5.41) is 0.648. The van der Waals surface area contributed by atoms with Gasteiger partial charge in [0, 0.05) is 49.1 Å². The number of rotatable bonds is 6. The summed E-state index contributed by atoms with van der Waals surface area (Å²) in [6, 6.07) is 8.15. The Labute approximate surface area is 183 Å². The number of hydrogen-bond acceptors (Lipinski definition) is 8. The average Bonchev–Trinajstić information content (AvgIpc) is 2.77. The molecule has 0 atom stereocenters. The highest BCUT2D eigenvalue weighted by molar-refractivity contribution is 7.74. The third-order valence-electron chi connectivity index (χ3n) is 4.88. The highest BCUT2D eigenvalue weighted by Crippen LogP contribution is 2.28. The van der Waals surface area contributed by atoms with Crippen LogP contribution in [0.15, 0.2) is 58.1 Å². The minimum Gasteiger partial charge on any atom is -0.424 e. The normalized spacial score (nSPS) is 11.1. The van der Waals surface area contributed by atoms with Crippen LogP contribution in [-0.4, -0.2) is 30.4 Å². The molecule has 0 amide bonds. The van der Waals surface area contributed by atoms with Crippen LogP contribution in [0.4, 0.5) is 10.2 Å². The fraction of sp³-hybridized carbons (Fsp3) is 0.143. The molecule has 0 aliphatic rings. The fourth-order valence-corrected chi connectivity index (χ4v) is 3.48. The summed E-state index contributed by atoms with van der Waals surface area (Å²) in [6.45, 7) is 1.73. The fourth-order valence-electron chi connectivity index (χ4n) is 3.19. The van der Waals surface area contributed by atoms with Crippen molar-refractivity contribution in [3.05, 3.63) is 81.9 Å². The van der Waals surface area contributed by atoms with Gasteiger partial charge in [0.2, 0.25) is 10.9 Å². The van der Waals surface area contributed by atoms with E-state index in [1.165, 1.54) is 31.7 Å². The molecule has 9 nitrogen and oxygen atoms in total. The number of nitrogens with zero attached hydrogens (tertiary/aromatic N) is 4. The monoisotopic (exact) mass is 456 g/mol. The summed E-state index contributed by atoms with van der Waals surface area (Å²) in [7, 11) is -1.86. The summed E-state index contributed by atoms with van der Waals surface area (Å²) in [5.74, 6) is -0.773. The number of pyridine rings is 1. The molecule has 0 fully saturated rings. The Morgan fingerprint density at radius 2 is 1.88 bits per heavy atom. The van der Waals surface area contributed by atoms with Gasteiger partial charge in [0.1, 0.15) is 11.3 Å². The summed E-state index contributed by atoms with van der Waals surface area (Å²) >= 11 is 0. The molecule has 0 aliphatic heterocycles. The number of aromatic nitrogens is 3. The number of anilines is 1. The Morgan fingerprint density at radius 3 is 2.59 bits per heavy atom. The van der Waals surface area contributed by atoms with Crippen LogP contribution in [0, 0.1) is 12.7 Å². The summed E-state index contributed by atoms with van der Waals surface area (Å²) in [6.07, 6.45) is 4.27. The first-order valence-electron chi connectivity index (χ1n) is 9.37. The standard InChI is InChI=1S/C21H17FN4O5S/c1-12-15-5-4-14(30-21-24-7-3-8-25-21)11-17(15)31-20(27)16(12)10-13-6-9-23-19(18(13)22)26(2)32(28)29/h3-9,11,32H,10H2,1-2H3. The van der Waals surface area contributed by atoms with E-state index in [4.69, 9.17) is 9.15 Å². The first-order chi connectivity index (χ1) is 15.3. The Kier molecular flexibility index (Phi) is 5.82. The lowest BCUT2D eigenvalue weighted by molar-refractivity contribution is 0.440. The number of halogens is 1. The minimum absolute atomic E-state index is 0.0922. The van der Waals surface area contributed by atoms with Gasteiger partial charge in [-0.2, -0.15) is 0 Å². The first-order valence-corrected chi connectivity index (χ1v) is 10.5. The molecule has 0 bridgehead atoms.